The van der Waals surface area contributed by atoms with Crippen LogP contribution in [-0.4, -0.2) is 42.0 Å². The SMILES string of the molecule is CC(C)CSCCCN=C(N)N1CCCCCC1.I. The maximum atomic E-state index is 6.05. The van der Waals surface area contributed by atoms with E-state index in [1.165, 1.54) is 37.2 Å². The van der Waals surface area contributed by atoms with Gasteiger partial charge in [-0.05, 0) is 36.7 Å². The molecule has 1 fully saturated rings. The standard InChI is InChI=1S/C14H29N3S.HI/c1-13(2)12-18-11-7-8-16-14(15)17-9-5-3-4-6-10-17;/h13H,3-12H2,1-2H3,(H2,15,16);1H. The number of hydrogen-bond acceptors (Lipinski definition) is 2. The van der Waals surface area contributed by atoms with Crippen molar-refractivity contribution in [3.63, 3.8) is 0 Å². The highest BCUT2D eigenvalue weighted by atomic mass is 127. The molecular weight excluding hydrogens is 369 g/mol. The molecule has 0 amide bonds. The monoisotopic (exact) mass is 399 g/mol. The van der Waals surface area contributed by atoms with E-state index in [0.29, 0.717) is 0 Å². The van der Waals surface area contributed by atoms with Crippen LogP contribution in [0.4, 0.5) is 0 Å². The molecule has 1 aliphatic rings. The van der Waals surface area contributed by atoms with Gasteiger partial charge in [-0.2, -0.15) is 11.8 Å². The average Bonchev–Trinajstić information content (AvgIpc) is 2.61. The van der Waals surface area contributed by atoms with Gasteiger partial charge in [-0.3, -0.25) is 4.99 Å². The van der Waals surface area contributed by atoms with E-state index in [4.69, 9.17) is 5.73 Å². The molecule has 114 valence electrons. The molecule has 0 unspecified atom stereocenters. The van der Waals surface area contributed by atoms with Crippen LogP contribution in [0.3, 0.4) is 0 Å². The van der Waals surface area contributed by atoms with E-state index in [1.807, 2.05) is 11.8 Å². The van der Waals surface area contributed by atoms with Gasteiger partial charge in [0.15, 0.2) is 5.96 Å². The zero-order chi connectivity index (χ0) is 13.2. The van der Waals surface area contributed by atoms with Crippen molar-refractivity contribution in [2.45, 2.75) is 46.0 Å². The summed E-state index contributed by atoms with van der Waals surface area (Å²) in [7, 11) is 0. The number of aliphatic imine (C=N–C) groups is 1. The molecule has 5 heteroatoms. The smallest absolute Gasteiger partial charge is 0.191 e. The zero-order valence-corrected chi connectivity index (χ0v) is 15.6. The normalized spacial score (nSPS) is 17.2. The Labute approximate surface area is 140 Å². The Bertz CT molecular complexity index is 239. The van der Waals surface area contributed by atoms with Gasteiger partial charge in [0.25, 0.3) is 0 Å². The van der Waals surface area contributed by atoms with Crippen molar-refractivity contribution >= 4 is 41.7 Å². The number of nitrogens with zero attached hydrogens (tertiary/aromatic N) is 2. The highest BCUT2D eigenvalue weighted by Gasteiger charge is 2.10. The van der Waals surface area contributed by atoms with Gasteiger partial charge in [0, 0.05) is 19.6 Å². The summed E-state index contributed by atoms with van der Waals surface area (Å²) < 4.78 is 0. The molecule has 1 rings (SSSR count). The van der Waals surface area contributed by atoms with E-state index in [2.05, 4.69) is 23.7 Å². The van der Waals surface area contributed by atoms with Crippen molar-refractivity contribution in [3.8, 4) is 0 Å². The average molecular weight is 399 g/mol. The topological polar surface area (TPSA) is 41.6 Å². The molecule has 0 atom stereocenters. The predicted octanol–water partition coefficient (Wildman–Crippen LogP) is 3.57. The van der Waals surface area contributed by atoms with Gasteiger partial charge in [-0.25, -0.2) is 0 Å². The summed E-state index contributed by atoms with van der Waals surface area (Å²) in [5, 5.41) is 0. The van der Waals surface area contributed by atoms with Crippen LogP contribution in [0.5, 0.6) is 0 Å². The number of likely N-dealkylation sites (tertiary alicyclic amines) is 1. The number of thioether (sulfide) groups is 1. The molecular formula is C14H30IN3S. The minimum Gasteiger partial charge on any atom is -0.370 e. The number of nitrogens with two attached hydrogens (primary N) is 1. The zero-order valence-electron chi connectivity index (χ0n) is 12.4. The van der Waals surface area contributed by atoms with Gasteiger partial charge < -0.3 is 10.6 Å². The van der Waals surface area contributed by atoms with Gasteiger partial charge in [-0.1, -0.05) is 26.7 Å². The van der Waals surface area contributed by atoms with Crippen molar-refractivity contribution in [2.24, 2.45) is 16.6 Å². The van der Waals surface area contributed by atoms with Gasteiger partial charge in [0.2, 0.25) is 0 Å². The summed E-state index contributed by atoms with van der Waals surface area (Å²) >= 11 is 2.03. The van der Waals surface area contributed by atoms with Gasteiger partial charge in [0.1, 0.15) is 0 Å². The highest BCUT2D eigenvalue weighted by molar-refractivity contribution is 14.0. The number of halogens is 1. The fourth-order valence-corrected chi connectivity index (χ4v) is 3.05. The molecule has 0 aromatic carbocycles. The second-order valence-corrected chi connectivity index (χ2v) is 6.61. The maximum Gasteiger partial charge on any atom is 0.191 e. The van der Waals surface area contributed by atoms with E-state index in [1.54, 1.807) is 0 Å². The molecule has 0 aliphatic carbocycles. The lowest BCUT2D eigenvalue weighted by molar-refractivity contribution is 0.428. The summed E-state index contributed by atoms with van der Waals surface area (Å²) in [6.45, 7) is 7.60. The molecule has 2 N–H and O–H groups in total. The third-order valence-corrected chi connectivity index (χ3v) is 4.58. The van der Waals surface area contributed by atoms with Crippen LogP contribution in [0.2, 0.25) is 0 Å². The third-order valence-electron chi connectivity index (χ3n) is 3.10. The second-order valence-electron chi connectivity index (χ2n) is 5.46. The van der Waals surface area contributed by atoms with Gasteiger partial charge in [0.05, 0.1) is 0 Å². The first kappa shape index (κ1) is 19.4. The Hall–Kier alpha value is 0.350. The Kier molecular flexibility index (Phi) is 12.3. The summed E-state index contributed by atoms with van der Waals surface area (Å²) in [6.07, 6.45) is 6.36. The fraction of sp³-hybridized carbons (Fsp3) is 0.929. The fourth-order valence-electron chi connectivity index (χ4n) is 2.08. The largest absolute Gasteiger partial charge is 0.370 e. The molecule has 0 bridgehead atoms. The van der Waals surface area contributed by atoms with E-state index < -0.39 is 0 Å². The second kappa shape index (κ2) is 12.1. The molecule has 1 saturated heterocycles. The van der Waals surface area contributed by atoms with Crippen LogP contribution in [0.1, 0.15) is 46.0 Å². The molecule has 0 aromatic heterocycles. The van der Waals surface area contributed by atoms with Crippen molar-refractivity contribution in [2.75, 3.05) is 31.1 Å². The molecule has 0 radical (unpaired) electrons. The number of hydrogen-bond donors (Lipinski definition) is 1. The lowest BCUT2D eigenvalue weighted by Crippen LogP contribution is -2.38. The molecule has 0 spiro atoms. The first-order chi connectivity index (χ1) is 8.70. The molecule has 1 heterocycles. The van der Waals surface area contributed by atoms with Crippen LogP contribution in [0.15, 0.2) is 4.99 Å². The Morgan fingerprint density at radius 3 is 2.42 bits per heavy atom. The molecule has 19 heavy (non-hydrogen) atoms. The number of guanidine groups is 1. The lowest BCUT2D eigenvalue weighted by Gasteiger charge is -2.21. The van der Waals surface area contributed by atoms with E-state index in [0.717, 1.165) is 37.9 Å². The van der Waals surface area contributed by atoms with Gasteiger partial charge in [-0.15, -0.1) is 24.0 Å². The minimum absolute atomic E-state index is 0. The molecule has 0 aromatic rings. The van der Waals surface area contributed by atoms with Crippen LogP contribution in [0.25, 0.3) is 0 Å². The van der Waals surface area contributed by atoms with Crippen LogP contribution in [0, 0.1) is 5.92 Å². The van der Waals surface area contributed by atoms with Crippen molar-refractivity contribution < 1.29 is 0 Å². The number of rotatable bonds is 6. The molecule has 1 aliphatic heterocycles. The Morgan fingerprint density at radius 1 is 1.21 bits per heavy atom. The van der Waals surface area contributed by atoms with Crippen molar-refractivity contribution in [1.29, 1.82) is 0 Å². The van der Waals surface area contributed by atoms with Crippen LogP contribution in [-0.2, 0) is 0 Å². The summed E-state index contributed by atoms with van der Waals surface area (Å²) in [4.78, 5) is 6.77. The highest BCUT2D eigenvalue weighted by Crippen LogP contribution is 2.10. The van der Waals surface area contributed by atoms with E-state index >= 15 is 0 Å². The minimum atomic E-state index is 0. The summed E-state index contributed by atoms with van der Waals surface area (Å²) in [5.74, 6) is 4.02. The third kappa shape index (κ3) is 9.82. The van der Waals surface area contributed by atoms with E-state index in [9.17, 15) is 0 Å². The Morgan fingerprint density at radius 2 is 1.84 bits per heavy atom. The Balaban J connectivity index is 0.00000324. The lowest BCUT2D eigenvalue weighted by atomic mass is 10.2. The summed E-state index contributed by atoms with van der Waals surface area (Å²) in [6, 6.07) is 0. The van der Waals surface area contributed by atoms with Crippen LogP contribution >= 0.6 is 35.7 Å². The predicted molar refractivity (Wildman–Crippen MR) is 98.7 cm³/mol. The van der Waals surface area contributed by atoms with Crippen LogP contribution < -0.4 is 5.73 Å². The first-order valence-electron chi connectivity index (χ1n) is 7.32. The first-order valence-corrected chi connectivity index (χ1v) is 8.48. The van der Waals surface area contributed by atoms with Crippen molar-refractivity contribution in [1.82, 2.24) is 4.90 Å². The quantitative estimate of drug-likeness (QED) is 0.321. The van der Waals surface area contributed by atoms with Gasteiger partial charge >= 0.3 is 0 Å². The summed E-state index contributed by atoms with van der Waals surface area (Å²) in [5.41, 5.74) is 6.05. The van der Waals surface area contributed by atoms with E-state index in [-0.39, 0.29) is 24.0 Å². The van der Waals surface area contributed by atoms with Crippen molar-refractivity contribution in [3.05, 3.63) is 0 Å². The maximum absolute atomic E-state index is 6.05. The molecule has 0 saturated carbocycles. The molecule has 3 nitrogen and oxygen atoms in total.